The van der Waals surface area contributed by atoms with E-state index in [-0.39, 0.29) is 30.2 Å². The van der Waals surface area contributed by atoms with Gasteiger partial charge >= 0.3 is 0 Å². The van der Waals surface area contributed by atoms with Crippen LogP contribution in [0.4, 0.5) is 5.69 Å². The number of carbonyl (C=O) groups excluding carboxylic acids is 2. The van der Waals surface area contributed by atoms with E-state index in [2.05, 4.69) is 12.1 Å². The van der Waals surface area contributed by atoms with E-state index in [9.17, 15) is 9.59 Å². The summed E-state index contributed by atoms with van der Waals surface area (Å²) in [5, 5.41) is 4.40. The molecule has 1 aromatic heterocycles. The van der Waals surface area contributed by atoms with Crippen molar-refractivity contribution in [2.24, 2.45) is 0 Å². The summed E-state index contributed by atoms with van der Waals surface area (Å²) in [6.07, 6.45) is 2.83. The van der Waals surface area contributed by atoms with E-state index in [1.807, 2.05) is 12.1 Å². The Morgan fingerprint density at radius 1 is 1.35 bits per heavy atom. The molecule has 26 heavy (non-hydrogen) atoms. The maximum atomic E-state index is 12.8. The Hall–Kier alpha value is -2.34. The number of anilines is 1. The highest BCUT2D eigenvalue weighted by atomic mass is 35.5. The Labute approximate surface area is 157 Å². The van der Waals surface area contributed by atoms with Gasteiger partial charge < -0.3 is 14.3 Å². The molecule has 1 fully saturated rings. The summed E-state index contributed by atoms with van der Waals surface area (Å²) in [5.41, 5.74) is 1.44. The molecular formula is C19H22ClN3O3. The van der Waals surface area contributed by atoms with Crippen LogP contribution >= 0.6 is 11.6 Å². The SMILES string of the molecule is CCCC[C@H]1CN(c2ccc(Cl)cc2)C(=O)CN1C(=O)c1cc(C)no1. The average molecular weight is 376 g/mol. The lowest BCUT2D eigenvalue weighted by Crippen LogP contribution is -2.58. The Balaban J connectivity index is 1.83. The van der Waals surface area contributed by atoms with Crippen molar-refractivity contribution in [3.05, 3.63) is 46.8 Å². The van der Waals surface area contributed by atoms with Crippen molar-refractivity contribution >= 4 is 29.1 Å². The molecule has 1 atom stereocenters. The number of amides is 2. The van der Waals surface area contributed by atoms with Crippen LogP contribution < -0.4 is 4.90 Å². The van der Waals surface area contributed by atoms with E-state index in [1.165, 1.54) is 0 Å². The fourth-order valence-corrected chi connectivity index (χ4v) is 3.30. The summed E-state index contributed by atoms with van der Waals surface area (Å²) < 4.78 is 5.11. The van der Waals surface area contributed by atoms with Gasteiger partial charge in [-0.3, -0.25) is 9.59 Å². The van der Waals surface area contributed by atoms with Gasteiger partial charge in [0.2, 0.25) is 11.7 Å². The minimum Gasteiger partial charge on any atom is -0.351 e. The molecule has 0 radical (unpaired) electrons. The number of aryl methyl sites for hydroxylation is 1. The van der Waals surface area contributed by atoms with Gasteiger partial charge in [-0.2, -0.15) is 0 Å². The second-order valence-corrected chi connectivity index (χ2v) is 6.98. The molecule has 1 aliphatic heterocycles. The van der Waals surface area contributed by atoms with E-state index in [4.69, 9.17) is 16.1 Å². The molecule has 3 rings (SSSR count). The van der Waals surface area contributed by atoms with Crippen molar-refractivity contribution < 1.29 is 14.1 Å². The molecule has 6 nitrogen and oxygen atoms in total. The van der Waals surface area contributed by atoms with Crippen LogP contribution in [0.15, 0.2) is 34.9 Å². The van der Waals surface area contributed by atoms with Crippen molar-refractivity contribution in [2.75, 3.05) is 18.0 Å². The van der Waals surface area contributed by atoms with Crippen LogP contribution in [0.5, 0.6) is 0 Å². The molecule has 7 heteroatoms. The first-order chi connectivity index (χ1) is 12.5. The third kappa shape index (κ3) is 3.90. The Kier molecular flexibility index (Phi) is 5.61. The zero-order valence-corrected chi connectivity index (χ0v) is 15.7. The minimum atomic E-state index is -0.282. The summed E-state index contributed by atoms with van der Waals surface area (Å²) in [6, 6.07) is 8.72. The molecule has 1 aromatic carbocycles. The fourth-order valence-electron chi connectivity index (χ4n) is 3.17. The molecule has 0 N–H and O–H groups in total. The van der Waals surface area contributed by atoms with Gasteiger partial charge in [0.25, 0.3) is 5.91 Å². The molecule has 0 bridgehead atoms. The number of unbranched alkanes of at least 4 members (excludes halogenated alkanes) is 1. The van der Waals surface area contributed by atoms with Gasteiger partial charge in [-0.25, -0.2) is 0 Å². The number of aromatic nitrogens is 1. The third-order valence-electron chi connectivity index (χ3n) is 4.57. The molecule has 0 unspecified atom stereocenters. The van der Waals surface area contributed by atoms with Crippen LogP contribution in [0.2, 0.25) is 5.02 Å². The van der Waals surface area contributed by atoms with Crippen LogP contribution in [-0.4, -0.2) is 41.0 Å². The maximum Gasteiger partial charge on any atom is 0.293 e. The number of piperazine rings is 1. The highest BCUT2D eigenvalue weighted by molar-refractivity contribution is 6.30. The first-order valence-electron chi connectivity index (χ1n) is 8.79. The molecule has 2 aromatic rings. The van der Waals surface area contributed by atoms with Crippen molar-refractivity contribution in [3.8, 4) is 0 Å². The predicted octanol–water partition coefficient (Wildman–Crippen LogP) is 3.68. The van der Waals surface area contributed by atoms with E-state index in [0.717, 1.165) is 24.9 Å². The molecule has 2 heterocycles. The quantitative estimate of drug-likeness (QED) is 0.799. The molecule has 0 spiro atoms. The van der Waals surface area contributed by atoms with Crippen molar-refractivity contribution in [1.29, 1.82) is 0 Å². The predicted molar refractivity (Wildman–Crippen MR) is 99.4 cm³/mol. The monoisotopic (exact) mass is 375 g/mol. The number of hydrogen-bond acceptors (Lipinski definition) is 4. The van der Waals surface area contributed by atoms with Crippen molar-refractivity contribution in [3.63, 3.8) is 0 Å². The normalized spacial score (nSPS) is 17.7. The van der Waals surface area contributed by atoms with Gasteiger partial charge in [-0.1, -0.05) is 36.5 Å². The van der Waals surface area contributed by atoms with E-state index in [0.29, 0.717) is 17.3 Å². The van der Waals surface area contributed by atoms with Crippen LogP contribution in [0, 0.1) is 6.92 Å². The zero-order valence-electron chi connectivity index (χ0n) is 14.9. The van der Waals surface area contributed by atoms with Crippen LogP contribution in [0.1, 0.15) is 42.4 Å². The third-order valence-corrected chi connectivity index (χ3v) is 4.82. The average Bonchev–Trinajstić information content (AvgIpc) is 3.07. The lowest BCUT2D eigenvalue weighted by Gasteiger charge is -2.40. The van der Waals surface area contributed by atoms with Crippen LogP contribution in [-0.2, 0) is 4.79 Å². The Bertz CT molecular complexity index is 788. The van der Waals surface area contributed by atoms with E-state index >= 15 is 0 Å². The zero-order chi connectivity index (χ0) is 18.7. The minimum absolute atomic E-state index is 0.0234. The Morgan fingerprint density at radius 3 is 2.69 bits per heavy atom. The summed E-state index contributed by atoms with van der Waals surface area (Å²) in [5.74, 6) is -0.225. The summed E-state index contributed by atoms with van der Waals surface area (Å²) >= 11 is 5.95. The van der Waals surface area contributed by atoms with E-state index < -0.39 is 0 Å². The molecule has 1 aliphatic rings. The number of hydrogen-bond donors (Lipinski definition) is 0. The second-order valence-electron chi connectivity index (χ2n) is 6.54. The van der Waals surface area contributed by atoms with Crippen LogP contribution in [0.25, 0.3) is 0 Å². The summed E-state index contributed by atoms with van der Waals surface area (Å²) in [6.45, 7) is 4.35. The molecule has 0 aliphatic carbocycles. The van der Waals surface area contributed by atoms with Crippen LogP contribution in [0.3, 0.4) is 0 Å². The molecular weight excluding hydrogens is 354 g/mol. The summed E-state index contributed by atoms with van der Waals surface area (Å²) in [4.78, 5) is 28.9. The van der Waals surface area contributed by atoms with Gasteiger partial charge in [0, 0.05) is 23.3 Å². The maximum absolute atomic E-state index is 12.8. The molecule has 2 amide bonds. The first-order valence-corrected chi connectivity index (χ1v) is 9.17. The van der Waals surface area contributed by atoms with Gasteiger partial charge in [0.05, 0.1) is 11.7 Å². The van der Waals surface area contributed by atoms with Crippen molar-refractivity contribution in [2.45, 2.75) is 39.2 Å². The lowest BCUT2D eigenvalue weighted by molar-refractivity contribution is -0.121. The largest absolute Gasteiger partial charge is 0.351 e. The molecule has 138 valence electrons. The van der Waals surface area contributed by atoms with Crippen molar-refractivity contribution in [1.82, 2.24) is 10.1 Å². The highest BCUT2D eigenvalue weighted by Crippen LogP contribution is 2.25. The van der Waals surface area contributed by atoms with Gasteiger partial charge in [-0.05, 0) is 37.6 Å². The van der Waals surface area contributed by atoms with Gasteiger partial charge in [-0.15, -0.1) is 0 Å². The summed E-state index contributed by atoms with van der Waals surface area (Å²) in [7, 11) is 0. The topological polar surface area (TPSA) is 66.7 Å². The van der Waals surface area contributed by atoms with Gasteiger partial charge in [0.15, 0.2) is 0 Å². The molecule has 0 saturated carbocycles. The van der Waals surface area contributed by atoms with Gasteiger partial charge in [0.1, 0.15) is 6.54 Å². The number of nitrogens with zero attached hydrogens (tertiary/aromatic N) is 3. The smallest absolute Gasteiger partial charge is 0.293 e. The highest BCUT2D eigenvalue weighted by Gasteiger charge is 2.36. The lowest BCUT2D eigenvalue weighted by atomic mass is 10.0. The number of rotatable bonds is 5. The number of halogens is 1. The van der Waals surface area contributed by atoms with E-state index in [1.54, 1.807) is 34.9 Å². The number of carbonyl (C=O) groups is 2. The Morgan fingerprint density at radius 2 is 2.08 bits per heavy atom. The first kappa shape index (κ1) is 18.5. The standard InChI is InChI=1S/C19H22ClN3O3/c1-3-4-5-16-11-22(15-8-6-14(20)7-9-15)18(24)12-23(16)19(25)17-10-13(2)21-26-17/h6-10,16H,3-5,11-12H2,1-2H3/t16-/m0/s1. The fraction of sp³-hybridized carbons (Fsp3) is 0.421. The molecule has 1 saturated heterocycles. The second kappa shape index (κ2) is 7.91. The number of benzene rings is 1.